The number of benzene rings is 1. The first kappa shape index (κ1) is 12.4. The summed E-state index contributed by atoms with van der Waals surface area (Å²) in [7, 11) is 0. The topological polar surface area (TPSA) is 64.9 Å². The van der Waals surface area contributed by atoms with Gasteiger partial charge in [0.15, 0.2) is 5.82 Å². The van der Waals surface area contributed by atoms with E-state index in [0.717, 1.165) is 27.7 Å². The Bertz CT molecular complexity index is 654. The molecule has 1 aromatic heterocycles. The molecule has 2 aliphatic rings. The van der Waals surface area contributed by atoms with Crippen molar-refractivity contribution in [2.75, 3.05) is 5.73 Å². The number of anilines is 1. The average Bonchev–Trinajstić information content (AvgIpc) is 3.16. The van der Waals surface area contributed by atoms with E-state index >= 15 is 0 Å². The maximum atomic E-state index is 6.06. The second kappa shape index (κ2) is 4.58. The van der Waals surface area contributed by atoms with Crippen molar-refractivity contribution in [3.8, 4) is 11.5 Å². The minimum Gasteiger partial charge on any atom is -0.397 e. The highest BCUT2D eigenvalue weighted by atomic mass is 79.9. The Morgan fingerprint density at radius 2 is 2.15 bits per heavy atom. The summed E-state index contributed by atoms with van der Waals surface area (Å²) in [6.07, 6.45) is 5.26. The summed E-state index contributed by atoms with van der Waals surface area (Å²) < 4.78 is 6.30. The number of rotatable bonds is 2. The molecule has 104 valence electrons. The Kier molecular flexibility index (Phi) is 2.84. The first-order valence-corrected chi connectivity index (χ1v) is 7.89. The Morgan fingerprint density at radius 1 is 1.25 bits per heavy atom. The minimum atomic E-state index is 0.486. The van der Waals surface area contributed by atoms with Gasteiger partial charge in [0.1, 0.15) is 0 Å². The van der Waals surface area contributed by atoms with Gasteiger partial charge in [0.25, 0.3) is 5.89 Å². The van der Waals surface area contributed by atoms with Gasteiger partial charge in [-0.05, 0) is 59.2 Å². The lowest BCUT2D eigenvalue weighted by atomic mass is 9.88. The Hall–Kier alpha value is -1.36. The Morgan fingerprint density at radius 3 is 2.90 bits per heavy atom. The lowest BCUT2D eigenvalue weighted by Crippen LogP contribution is -2.09. The largest absolute Gasteiger partial charge is 0.397 e. The predicted octanol–water partition coefficient (Wildman–Crippen LogP) is 3.98. The third kappa shape index (κ3) is 1.87. The van der Waals surface area contributed by atoms with Gasteiger partial charge in [-0.25, -0.2) is 0 Å². The van der Waals surface area contributed by atoms with Gasteiger partial charge in [0.05, 0.1) is 11.3 Å². The molecule has 1 aromatic carbocycles. The van der Waals surface area contributed by atoms with Crippen LogP contribution in [0.3, 0.4) is 0 Å². The number of fused-ring (bicyclic) bond motifs is 2. The van der Waals surface area contributed by atoms with Gasteiger partial charge in [-0.1, -0.05) is 17.6 Å². The van der Waals surface area contributed by atoms with Gasteiger partial charge < -0.3 is 10.3 Å². The molecular weight excluding hydrogens is 318 g/mol. The van der Waals surface area contributed by atoms with Crippen LogP contribution in [-0.4, -0.2) is 10.1 Å². The molecule has 0 saturated heterocycles. The van der Waals surface area contributed by atoms with Crippen molar-refractivity contribution in [2.45, 2.75) is 31.6 Å². The van der Waals surface area contributed by atoms with E-state index in [4.69, 9.17) is 10.3 Å². The fraction of sp³-hybridized carbons (Fsp3) is 0.467. The van der Waals surface area contributed by atoms with E-state index in [1.54, 1.807) is 0 Å². The van der Waals surface area contributed by atoms with E-state index in [1.807, 2.05) is 18.2 Å². The number of halogens is 1. The normalized spacial score (nSPS) is 28.1. The maximum Gasteiger partial charge on any atom is 0.260 e. The molecule has 2 fully saturated rings. The van der Waals surface area contributed by atoms with Gasteiger partial charge in [-0.2, -0.15) is 4.98 Å². The number of hydrogen-bond acceptors (Lipinski definition) is 4. The molecule has 5 heteroatoms. The number of nitrogens with zero attached hydrogens (tertiary/aromatic N) is 2. The maximum absolute atomic E-state index is 6.06. The predicted molar refractivity (Wildman–Crippen MR) is 80.0 cm³/mol. The molecular formula is C15H16BrN3O. The number of aromatic nitrogens is 2. The Balaban J connectivity index is 1.67. The van der Waals surface area contributed by atoms with Crippen molar-refractivity contribution in [1.29, 1.82) is 0 Å². The summed E-state index contributed by atoms with van der Waals surface area (Å²) in [5.41, 5.74) is 7.52. The molecule has 2 N–H and O–H groups in total. The zero-order valence-electron chi connectivity index (χ0n) is 11.1. The SMILES string of the molecule is Nc1c(Br)cccc1-c1nc(C2CC3CCC2C3)no1. The summed E-state index contributed by atoms with van der Waals surface area (Å²) in [5, 5.41) is 4.21. The summed E-state index contributed by atoms with van der Waals surface area (Å²) in [5.74, 6) is 3.51. The van der Waals surface area contributed by atoms with Crippen LogP contribution < -0.4 is 5.73 Å². The highest BCUT2D eigenvalue weighted by Gasteiger charge is 2.42. The summed E-state index contributed by atoms with van der Waals surface area (Å²) in [6.45, 7) is 0. The summed E-state index contributed by atoms with van der Waals surface area (Å²) in [4.78, 5) is 4.60. The molecule has 4 rings (SSSR count). The molecule has 2 bridgehead atoms. The van der Waals surface area contributed by atoms with E-state index < -0.39 is 0 Å². The van der Waals surface area contributed by atoms with Gasteiger partial charge >= 0.3 is 0 Å². The highest BCUT2D eigenvalue weighted by molar-refractivity contribution is 9.10. The molecule has 3 unspecified atom stereocenters. The van der Waals surface area contributed by atoms with Crippen LogP contribution in [0.1, 0.15) is 37.4 Å². The zero-order chi connectivity index (χ0) is 13.7. The smallest absolute Gasteiger partial charge is 0.260 e. The third-order valence-corrected chi connectivity index (χ3v) is 5.49. The second-order valence-electron chi connectivity index (χ2n) is 5.94. The molecule has 4 nitrogen and oxygen atoms in total. The van der Waals surface area contributed by atoms with Crippen LogP contribution in [-0.2, 0) is 0 Å². The minimum absolute atomic E-state index is 0.486. The molecule has 2 saturated carbocycles. The van der Waals surface area contributed by atoms with E-state index in [-0.39, 0.29) is 0 Å². The standard InChI is InChI=1S/C15H16BrN3O/c16-12-3-1-2-10(13(12)17)15-18-14(19-20-15)11-7-8-4-5-9(11)6-8/h1-3,8-9,11H,4-7,17H2. The van der Waals surface area contributed by atoms with Crippen LogP contribution in [0.15, 0.2) is 27.2 Å². The van der Waals surface area contributed by atoms with Crippen molar-refractivity contribution in [3.63, 3.8) is 0 Å². The molecule has 2 aromatic rings. The first-order chi connectivity index (χ1) is 9.72. The Labute approximate surface area is 125 Å². The van der Waals surface area contributed by atoms with Crippen molar-refractivity contribution >= 4 is 21.6 Å². The van der Waals surface area contributed by atoms with Crippen molar-refractivity contribution in [1.82, 2.24) is 10.1 Å². The van der Waals surface area contributed by atoms with Crippen molar-refractivity contribution < 1.29 is 4.52 Å². The summed E-state index contributed by atoms with van der Waals surface area (Å²) in [6, 6.07) is 5.75. The van der Waals surface area contributed by atoms with Crippen LogP contribution >= 0.6 is 15.9 Å². The first-order valence-electron chi connectivity index (χ1n) is 7.10. The van der Waals surface area contributed by atoms with Crippen molar-refractivity contribution in [3.05, 3.63) is 28.5 Å². The number of nitrogen functional groups attached to an aromatic ring is 1. The number of hydrogen-bond donors (Lipinski definition) is 1. The van der Waals surface area contributed by atoms with Crippen molar-refractivity contribution in [2.24, 2.45) is 11.8 Å². The van der Waals surface area contributed by atoms with Gasteiger partial charge in [0.2, 0.25) is 0 Å². The van der Waals surface area contributed by atoms with E-state index in [0.29, 0.717) is 17.5 Å². The molecule has 0 radical (unpaired) electrons. The monoisotopic (exact) mass is 333 g/mol. The van der Waals surface area contributed by atoms with Gasteiger partial charge in [0, 0.05) is 10.4 Å². The summed E-state index contributed by atoms with van der Waals surface area (Å²) >= 11 is 3.43. The number of para-hydroxylation sites is 1. The zero-order valence-corrected chi connectivity index (χ0v) is 12.6. The number of nitrogens with two attached hydrogens (primary N) is 1. The van der Waals surface area contributed by atoms with E-state index in [2.05, 4.69) is 26.1 Å². The lowest BCUT2D eigenvalue weighted by Gasteiger charge is -2.17. The molecule has 2 aliphatic carbocycles. The molecule has 20 heavy (non-hydrogen) atoms. The average molecular weight is 334 g/mol. The lowest BCUT2D eigenvalue weighted by molar-refractivity contribution is 0.372. The fourth-order valence-electron chi connectivity index (χ4n) is 3.78. The van der Waals surface area contributed by atoms with Crippen LogP contribution in [0.25, 0.3) is 11.5 Å². The molecule has 0 amide bonds. The molecule has 1 heterocycles. The van der Waals surface area contributed by atoms with E-state index in [1.165, 1.54) is 25.7 Å². The second-order valence-corrected chi connectivity index (χ2v) is 6.79. The van der Waals surface area contributed by atoms with Crippen LogP contribution in [0.2, 0.25) is 0 Å². The van der Waals surface area contributed by atoms with E-state index in [9.17, 15) is 0 Å². The van der Waals surface area contributed by atoms with Gasteiger partial charge in [-0.15, -0.1) is 0 Å². The van der Waals surface area contributed by atoms with Crippen LogP contribution in [0, 0.1) is 11.8 Å². The third-order valence-electron chi connectivity index (χ3n) is 4.79. The van der Waals surface area contributed by atoms with Crippen LogP contribution in [0.4, 0.5) is 5.69 Å². The molecule has 3 atom stereocenters. The highest BCUT2D eigenvalue weighted by Crippen LogP contribution is 2.52. The fourth-order valence-corrected chi connectivity index (χ4v) is 4.15. The van der Waals surface area contributed by atoms with Gasteiger partial charge in [-0.3, -0.25) is 0 Å². The molecule has 0 aliphatic heterocycles. The molecule has 0 spiro atoms. The van der Waals surface area contributed by atoms with Crippen LogP contribution in [0.5, 0.6) is 0 Å². The quantitative estimate of drug-likeness (QED) is 0.844.